The van der Waals surface area contributed by atoms with Crippen molar-refractivity contribution in [2.75, 3.05) is 0 Å². The van der Waals surface area contributed by atoms with Gasteiger partial charge in [0.1, 0.15) is 11.7 Å². The Kier molecular flexibility index (Phi) is 6.18. The Morgan fingerprint density at radius 1 is 0.469 bits per heavy atom. The van der Waals surface area contributed by atoms with Gasteiger partial charge in [0.2, 0.25) is 0 Å². The molecule has 5 nitrogen and oxygen atoms in total. The number of nitrogens with one attached hydrogen (secondary N) is 1. The van der Waals surface area contributed by atoms with Crippen LogP contribution in [0, 0.1) is 0 Å². The van der Waals surface area contributed by atoms with Gasteiger partial charge in [-0.1, -0.05) is 127 Å². The van der Waals surface area contributed by atoms with Crippen LogP contribution in [0.15, 0.2) is 174 Å². The minimum Gasteiger partial charge on any atom is -0.324 e. The molecule has 2 aromatic heterocycles. The van der Waals surface area contributed by atoms with E-state index in [9.17, 15) is 0 Å². The predicted molar refractivity (Wildman–Crippen MR) is 203 cm³/mol. The molecule has 1 unspecified atom stereocenters. The standard InChI is InChI=1S/C44H29N5/c1-2-13-31(14-3-1)42-46-43(33-19-18-28-10-4-5-15-32(28)24-33)48-44(47-42)34-25-35(27-45-26-34)49-38-22-20-29-11-6-8-16-36(29)40(38)41-37-17-9-7-12-30(37)21-23-39(41)49/h1-27,44H,(H,46,47,48). The zero-order chi connectivity index (χ0) is 32.3. The van der Waals surface area contributed by atoms with Crippen LogP contribution in [0.5, 0.6) is 0 Å². The highest BCUT2D eigenvalue weighted by Gasteiger charge is 2.23. The van der Waals surface area contributed by atoms with Gasteiger partial charge in [0, 0.05) is 33.7 Å². The van der Waals surface area contributed by atoms with Crippen LogP contribution < -0.4 is 5.32 Å². The predicted octanol–water partition coefficient (Wildman–Crippen LogP) is 10.1. The van der Waals surface area contributed by atoms with Gasteiger partial charge in [-0.15, -0.1) is 0 Å². The van der Waals surface area contributed by atoms with E-state index in [1.165, 1.54) is 43.1 Å². The molecule has 0 radical (unpaired) electrons. The quantitative estimate of drug-likeness (QED) is 0.211. The van der Waals surface area contributed by atoms with E-state index >= 15 is 0 Å². The van der Waals surface area contributed by atoms with E-state index < -0.39 is 6.17 Å². The molecule has 1 N–H and O–H groups in total. The highest BCUT2D eigenvalue weighted by Crippen LogP contribution is 2.40. The van der Waals surface area contributed by atoms with Gasteiger partial charge in [0.25, 0.3) is 0 Å². The second-order valence-corrected chi connectivity index (χ2v) is 12.6. The minimum absolute atomic E-state index is 0.486. The molecule has 0 bridgehead atoms. The molecule has 1 aliphatic rings. The van der Waals surface area contributed by atoms with Crippen molar-refractivity contribution < 1.29 is 0 Å². The number of nitrogens with zero attached hydrogens (tertiary/aromatic N) is 4. The van der Waals surface area contributed by atoms with Crippen molar-refractivity contribution in [3.05, 3.63) is 181 Å². The Bertz CT molecular complexity index is 2720. The van der Waals surface area contributed by atoms with Gasteiger partial charge in [-0.2, -0.15) is 0 Å². The minimum atomic E-state index is -0.486. The summed E-state index contributed by atoms with van der Waals surface area (Å²) in [5, 5.41) is 13.3. The normalized spacial score (nSPS) is 14.7. The second-order valence-electron chi connectivity index (χ2n) is 12.6. The van der Waals surface area contributed by atoms with E-state index in [2.05, 4.69) is 143 Å². The molecule has 9 aromatic rings. The van der Waals surface area contributed by atoms with Gasteiger partial charge in [-0.05, 0) is 56.6 Å². The largest absolute Gasteiger partial charge is 0.324 e. The maximum atomic E-state index is 5.20. The summed E-state index contributed by atoms with van der Waals surface area (Å²) in [7, 11) is 0. The van der Waals surface area contributed by atoms with Gasteiger partial charge in [0.15, 0.2) is 6.17 Å². The summed E-state index contributed by atoms with van der Waals surface area (Å²) < 4.78 is 2.34. The Hall–Kier alpha value is -6.59. The molecule has 0 aliphatic carbocycles. The van der Waals surface area contributed by atoms with E-state index in [0.717, 1.165) is 45.1 Å². The molecule has 0 spiro atoms. The lowest BCUT2D eigenvalue weighted by atomic mass is 10.00. The first-order valence-electron chi connectivity index (χ1n) is 16.5. The van der Waals surface area contributed by atoms with Crippen molar-refractivity contribution in [2.45, 2.75) is 6.17 Å². The molecule has 230 valence electrons. The molecular formula is C44H29N5. The van der Waals surface area contributed by atoms with E-state index in [4.69, 9.17) is 15.0 Å². The molecule has 0 saturated heterocycles. The van der Waals surface area contributed by atoms with Crippen molar-refractivity contribution >= 4 is 65.8 Å². The van der Waals surface area contributed by atoms with E-state index in [1.807, 2.05) is 30.6 Å². The van der Waals surface area contributed by atoms with Gasteiger partial charge in [-0.3, -0.25) is 4.98 Å². The Balaban J connectivity index is 1.18. The Morgan fingerprint density at radius 2 is 1.04 bits per heavy atom. The molecule has 3 heterocycles. The van der Waals surface area contributed by atoms with E-state index in [0.29, 0.717) is 0 Å². The molecule has 10 rings (SSSR count). The first-order valence-corrected chi connectivity index (χ1v) is 16.5. The molecule has 5 heteroatoms. The number of pyridine rings is 1. The zero-order valence-corrected chi connectivity index (χ0v) is 26.5. The maximum absolute atomic E-state index is 5.20. The fraction of sp³-hybridized carbons (Fsp3) is 0.0227. The SMILES string of the molecule is c1ccc(C2=NC(c3cncc(-n4c5ccc6ccccc6c5c5c6ccccc6ccc54)c3)N=C(c3ccc4ccccc4c3)N2)cc1. The molecular weight excluding hydrogens is 599 g/mol. The summed E-state index contributed by atoms with van der Waals surface area (Å²) in [6.07, 6.45) is 3.36. The first kappa shape index (κ1) is 27.5. The van der Waals surface area contributed by atoms with E-state index in [-0.39, 0.29) is 0 Å². The number of hydrogen-bond donors (Lipinski definition) is 1. The maximum Gasteiger partial charge on any atom is 0.171 e. The zero-order valence-electron chi connectivity index (χ0n) is 26.5. The third-order valence-corrected chi connectivity index (χ3v) is 9.66. The summed E-state index contributed by atoms with van der Waals surface area (Å²) in [4.78, 5) is 15.2. The highest BCUT2D eigenvalue weighted by atomic mass is 15.2. The molecule has 49 heavy (non-hydrogen) atoms. The molecule has 0 fully saturated rings. The number of amidine groups is 2. The summed E-state index contributed by atoms with van der Waals surface area (Å²) in [5.41, 5.74) is 6.19. The molecule has 1 atom stereocenters. The lowest BCUT2D eigenvalue weighted by Crippen LogP contribution is -2.36. The van der Waals surface area contributed by atoms with Crippen LogP contribution in [0.3, 0.4) is 0 Å². The van der Waals surface area contributed by atoms with Crippen LogP contribution in [-0.2, 0) is 0 Å². The lowest BCUT2D eigenvalue weighted by Gasteiger charge is -2.23. The van der Waals surface area contributed by atoms with Gasteiger partial charge in [0.05, 0.1) is 22.9 Å². The third kappa shape index (κ3) is 4.51. The van der Waals surface area contributed by atoms with Gasteiger partial charge in [-0.25, -0.2) is 9.98 Å². The average Bonchev–Trinajstić information content (AvgIpc) is 3.53. The van der Waals surface area contributed by atoms with Crippen molar-refractivity contribution in [1.82, 2.24) is 14.9 Å². The van der Waals surface area contributed by atoms with Crippen LogP contribution >= 0.6 is 0 Å². The van der Waals surface area contributed by atoms with Crippen molar-refractivity contribution in [1.29, 1.82) is 0 Å². The second kappa shape index (κ2) is 11.0. The van der Waals surface area contributed by atoms with Crippen LogP contribution in [0.1, 0.15) is 22.9 Å². The topological polar surface area (TPSA) is 54.6 Å². The van der Waals surface area contributed by atoms with Crippen LogP contribution in [-0.4, -0.2) is 21.2 Å². The Morgan fingerprint density at radius 3 is 1.73 bits per heavy atom. The average molecular weight is 628 g/mol. The summed E-state index contributed by atoms with van der Waals surface area (Å²) in [6.45, 7) is 0. The highest BCUT2D eigenvalue weighted by molar-refractivity contribution is 6.28. The Labute approximate surface area is 282 Å². The lowest BCUT2D eigenvalue weighted by molar-refractivity contribution is 0.750. The van der Waals surface area contributed by atoms with Crippen molar-refractivity contribution in [3.63, 3.8) is 0 Å². The molecule has 0 saturated carbocycles. The third-order valence-electron chi connectivity index (χ3n) is 9.66. The molecule has 7 aromatic carbocycles. The monoisotopic (exact) mass is 627 g/mol. The van der Waals surface area contributed by atoms with Gasteiger partial charge < -0.3 is 9.88 Å². The van der Waals surface area contributed by atoms with Crippen molar-refractivity contribution in [3.8, 4) is 5.69 Å². The molecule has 0 amide bonds. The number of benzene rings is 7. The summed E-state index contributed by atoms with van der Waals surface area (Å²) in [5.74, 6) is 1.56. The summed E-state index contributed by atoms with van der Waals surface area (Å²) >= 11 is 0. The first-order chi connectivity index (χ1) is 24.3. The van der Waals surface area contributed by atoms with E-state index in [1.54, 1.807) is 0 Å². The van der Waals surface area contributed by atoms with Crippen LogP contribution in [0.4, 0.5) is 0 Å². The van der Waals surface area contributed by atoms with Crippen LogP contribution in [0.2, 0.25) is 0 Å². The smallest absolute Gasteiger partial charge is 0.171 e. The number of fused-ring (bicyclic) bond motifs is 8. The number of aliphatic imine (C=N–C) groups is 2. The fourth-order valence-electron chi connectivity index (χ4n) is 7.36. The number of rotatable bonds is 4. The van der Waals surface area contributed by atoms with Crippen molar-refractivity contribution in [2.24, 2.45) is 9.98 Å². The number of hydrogen-bond acceptors (Lipinski definition) is 4. The fourth-order valence-corrected chi connectivity index (χ4v) is 7.36. The molecule has 1 aliphatic heterocycles. The summed E-state index contributed by atoms with van der Waals surface area (Å²) in [6, 6.07) is 53.5. The van der Waals surface area contributed by atoms with Gasteiger partial charge >= 0.3 is 0 Å². The van der Waals surface area contributed by atoms with Crippen LogP contribution in [0.25, 0.3) is 59.8 Å². The number of aromatic nitrogens is 2.